The molecule has 0 aliphatic heterocycles. The zero-order valence-corrected chi connectivity index (χ0v) is 13.2. The van der Waals surface area contributed by atoms with E-state index in [1.165, 1.54) is 0 Å². The number of hydrogen-bond donors (Lipinski definition) is 1. The maximum absolute atomic E-state index is 11.2. The van der Waals surface area contributed by atoms with Crippen LogP contribution >= 0.6 is 0 Å². The first kappa shape index (κ1) is 20.4. The lowest BCUT2D eigenvalue weighted by Crippen LogP contribution is -2.47. The summed E-state index contributed by atoms with van der Waals surface area (Å²) >= 11 is 0. The van der Waals surface area contributed by atoms with Crippen molar-refractivity contribution in [2.45, 2.75) is 19.9 Å². The molecule has 0 aromatic rings. The molecular weight excluding hydrogens is 272 g/mol. The number of rotatable bonds is 5. The number of quaternary nitrogens is 1. The van der Waals surface area contributed by atoms with Gasteiger partial charge in [-0.25, -0.2) is 8.42 Å². The summed E-state index contributed by atoms with van der Waals surface area (Å²) in [6.07, 6.45) is 0. The molecule has 19 heavy (non-hydrogen) atoms. The quantitative estimate of drug-likeness (QED) is 0.330. The van der Waals surface area contributed by atoms with Crippen molar-refractivity contribution < 1.29 is 26.4 Å². The summed E-state index contributed by atoms with van der Waals surface area (Å²) in [6.45, 7) is 8.22. The molecule has 0 aromatic carbocycles. The number of amides is 1. The molecule has 1 atom stereocenters. The average Bonchev–Trinajstić information content (AvgIpc) is 2.14. The normalized spacial score (nSPS) is 13.0. The van der Waals surface area contributed by atoms with Crippen molar-refractivity contribution in [3.63, 3.8) is 0 Å². The Kier molecular flexibility index (Phi) is 8.85. The van der Waals surface area contributed by atoms with E-state index in [4.69, 9.17) is 0 Å². The molecule has 0 bridgehead atoms. The average molecular weight is 296 g/mol. The Labute approximate surface area is 115 Å². The summed E-state index contributed by atoms with van der Waals surface area (Å²) < 4.78 is 31.9. The lowest BCUT2D eigenvalue weighted by molar-refractivity contribution is -0.871. The summed E-state index contributed by atoms with van der Waals surface area (Å²) in [6, 6.07) is 0.184. The fourth-order valence-corrected chi connectivity index (χ4v) is 1.21. The van der Waals surface area contributed by atoms with Gasteiger partial charge in [-0.3, -0.25) is 8.98 Å². The fourth-order valence-electron chi connectivity index (χ4n) is 1.21. The molecule has 8 heteroatoms. The molecule has 0 aromatic heterocycles. The second kappa shape index (κ2) is 8.26. The van der Waals surface area contributed by atoms with Gasteiger partial charge in [0.2, 0.25) is 16.3 Å². The zero-order chi connectivity index (χ0) is 15.9. The Morgan fingerprint density at radius 3 is 2.00 bits per heavy atom. The van der Waals surface area contributed by atoms with Gasteiger partial charge in [0.1, 0.15) is 0 Å². The van der Waals surface area contributed by atoms with Crippen LogP contribution in [0.1, 0.15) is 13.8 Å². The molecule has 0 heterocycles. The van der Waals surface area contributed by atoms with Crippen molar-refractivity contribution in [1.82, 2.24) is 5.32 Å². The van der Waals surface area contributed by atoms with Gasteiger partial charge >= 0.3 is 0 Å². The first-order valence-corrected chi connectivity index (χ1v) is 6.90. The third kappa shape index (κ3) is 17.0. The zero-order valence-electron chi connectivity index (χ0n) is 12.4. The van der Waals surface area contributed by atoms with Crippen LogP contribution in [0.4, 0.5) is 0 Å². The highest BCUT2D eigenvalue weighted by Crippen LogP contribution is 1.96. The molecule has 0 rings (SSSR count). The number of nitrogens with one attached hydrogen (secondary N) is 1. The number of carbonyl (C=O) groups excluding carboxylic acids is 1. The number of hydrogen-bond acceptors (Lipinski definition) is 5. The van der Waals surface area contributed by atoms with Crippen LogP contribution in [-0.4, -0.2) is 64.2 Å². The highest BCUT2D eigenvalue weighted by molar-refractivity contribution is 7.80. The highest BCUT2D eigenvalue weighted by atomic mass is 32.3. The van der Waals surface area contributed by atoms with Crippen molar-refractivity contribution in [3.05, 3.63) is 12.2 Å². The van der Waals surface area contributed by atoms with Crippen LogP contribution in [0.5, 0.6) is 0 Å². The molecule has 0 radical (unpaired) electrons. The minimum atomic E-state index is -4.41. The Bertz CT molecular complexity index is 398. The van der Waals surface area contributed by atoms with Gasteiger partial charge in [0.05, 0.1) is 40.8 Å². The molecule has 114 valence electrons. The van der Waals surface area contributed by atoms with Gasteiger partial charge in [0.15, 0.2) is 0 Å². The van der Waals surface area contributed by atoms with Crippen molar-refractivity contribution in [2.24, 2.45) is 0 Å². The molecule has 1 amide bonds. The number of likely N-dealkylation sites (N-methyl/N-ethyl adjacent to an activating group) is 1. The van der Waals surface area contributed by atoms with E-state index < -0.39 is 10.4 Å². The summed E-state index contributed by atoms with van der Waals surface area (Å²) in [5, 5.41) is 2.88. The first-order valence-electron chi connectivity index (χ1n) is 5.56. The molecular formula is C11H24N2O5S. The van der Waals surface area contributed by atoms with Crippen LogP contribution in [0.25, 0.3) is 0 Å². The highest BCUT2D eigenvalue weighted by Gasteiger charge is 2.15. The molecule has 0 spiro atoms. The maximum atomic E-state index is 11.2. The van der Waals surface area contributed by atoms with Crippen LogP contribution in [-0.2, 0) is 19.4 Å². The van der Waals surface area contributed by atoms with Crippen molar-refractivity contribution in [1.29, 1.82) is 0 Å². The van der Waals surface area contributed by atoms with Crippen LogP contribution in [0, 0.1) is 0 Å². The lowest BCUT2D eigenvalue weighted by Gasteiger charge is -2.27. The fraction of sp³-hybridized carbons (Fsp3) is 0.727. The van der Waals surface area contributed by atoms with Crippen LogP contribution in [0.2, 0.25) is 0 Å². The molecule has 0 saturated carbocycles. The summed E-state index contributed by atoms with van der Waals surface area (Å²) in [5.41, 5.74) is 0.563. The first-order chi connectivity index (χ1) is 8.28. The monoisotopic (exact) mass is 296 g/mol. The van der Waals surface area contributed by atoms with E-state index in [1.807, 2.05) is 6.92 Å². The van der Waals surface area contributed by atoms with Crippen LogP contribution < -0.4 is 5.32 Å². The van der Waals surface area contributed by atoms with Gasteiger partial charge in [-0.15, -0.1) is 0 Å². The lowest BCUT2D eigenvalue weighted by atomic mass is 10.2. The van der Waals surface area contributed by atoms with Crippen molar-refractivity contribution in [2.75, 3.05) is 34.8 Å². The summed E-state index contributed by atoms with van der Waals surface area (Å²) in [7, 11) is 2.70. The Morgan fingerprint density at radius 2 is 1.79 bits per heavy atom. The molecule has 1 unspecified atom stereocenters. The van der Waals surface area contributed by atoms with E-state index >= 15 is 0 Å². The minimum absolute atomic E-state index is 0.0547. The predicted molar refractivity (Wildman–Crippen MR) is 72.0 cm³/mol. The summed E-state index contributed by atoms with van der Waals surface area (Å²) in [5.74, 6) is -0.0547. The smallest absolute Gasteiger partial charge is 0.246 e. The molecule has 1 N–H and O–H groups in total. The second-order valence-electron chi connectivity index (χ2n) is 5.20. The molecule has 0 aliphatic rings. The number of carbonyl (C=O) groups is 1. The van der Waals surface area contributed by atoms with Crippen LogP contribution in [0.15, 0.2) is 12.2 Å². The Morgan fingerprint density at radius 1 is 1.42 bits per heavy atom. The Balaban J connectivity index is 0. The van der Waals surface area contributed by atoms with E-state index in [-0.39, 0.29) is 11.9 Å². The molecule has 0 saturated heterocycles. The molecule has 0 aliphatic carbocycles. The topological polar surface area (TPSA) is 95.5 Å². The van der Waals surface area contributed by atoms with Gasteiger partial charge in [-0.1, -0.05) is 6.58 Å². The number of nitrogens with zero attached hydrogens (tertiary/aromatic N) is 1. The molecule has 7 nitrogen and oxygen atoms in total. The third-order valence-electron chi connectivity index (χ3n) is 1.79. The van der Waals surface area contributed by atoms with Crippen LogP contribution in [0.3, 0.4) is 0 Å². The largest absolute Gasteiger partial charge is 0.726 e. The summed E-state index contributed by atoms with van der Waals surface area (Å²) in [4.78, 5) is 11.2. The van der Waals surface area contributed by atoms with Crippen molar-refractivity contribution >= 4 is 16.3 Å². The van der Waals surface area contributed by atoms with E-state index in [0.29, 0.717) is 5.57 Å². The van der Waals surface area contributed by atoms with Gasteiger partial charge in [-0.05, 0) is 13.8 Å². The van der Waals surface area contributed by atoms with Gasteiger partial charge in [0, 0.05) is 5.57 Å². The minimum Gasteiger partial charge on any atom is -0.726 e. The van der Waals surface area contributed by atoms with Gasteiger partial charge < -0.3 is 14.4 Å². The van der Waals surface area contributed by atoms with E-state index in [2.05, 4.69) is 37.2 Å². The maximum Gasteiger partial charge on any atom is 0.246 e. The molecule has 0 fully saturated rings. The predicted octanol–water partition coefficient (Wildman–Crippen LogP) is -0.134. The standard InChI is InChI=1S/C10H20N2O.CH4O4S/c1-8(2)10(13)11-9(3)7-12(4,5)6;1-5-6(2,3)4/h9H,1,7H2,2-6H3;1H3,(H,2,3,4). The van der Waals surface area contributed by atoms with E-state index in [0.717, 1.165) is 18.1 Å². The van der Waals surface area contributed by atoms with Gasteiger partial charge in [-0.2, -0.15) is 0 Å². The second-order valence-corrected chi connectivity index (χ2v) is 6.35. The van der Waals surface area contributed by atoms with Gasteiger partial charge in [0.25, 0.3) is 0 Å². The van der Waals surface area contributed by atoms with E-state index in [9.17, 15) is 17.8 Å². The van der Waals surface area contributed by atoms with E-state index in [1.54, 1.807) is 6.92 Å². The Hall–Kier alpha value is -0.960. The van der Waals surface area contributed by atoms with Crippen molar-refractivity contribution in [3.8, 4) is 0 Å². The SMILES string of the molecule is C=C(C)C(=O)NC(C)C[N+](C)(C)C.COS(=O)(=O)[O-]. The third-order valence-corrected chi connectivity index (χ3v) is 2.20.